The summed E-state index contributed by atoms with van der Waals surface area (Å²) >= 11 is 0. The minimum atomic E-state index is 0.291. The van der Waals surface area contributed by atoms with Crippen molar-refractivity contribution in [2.75, 3.05) is 26.4 Å². The van der Waals surface area contributed by atoms with E-state index in [0.717, 1.165) is 24.5 Å². The smallest absolute Gasteiger partial charge is 0.203 e. The van der Waals surface area contributed by atoms with E-state index in [4.69, 9.17) is 14.2 Å². The van der Waals surface area contributed by atoms with Crippen molar-refractivity contribution in [3.8, 4) is 17.2 Å². The summed E-state index contributed by atoms with van der Waals surface area (Å²) in [4.78, 5) is 0. The van der Waals surface area contributed by atoms with Crippen molar-refractivity contribution in [1.82, 2.24) is 5.32 Å². The van der Waals surface area contributed by atoms with Crippen LogP contribution in [0.25, 0.3) is 0 Å². The normalized spacial score (nSPS) is 19.1. The van der Waals surface area contributed by atoms with Gasteiger partial charge in [0.05, 0.1) is 19.8 Å². The topological polar surface area (TPSA) is 39.7 Å². The highest BCUT2D eigenvalue weighted by Crippen LogP contribution is 2.43. The van der Waals surface area contributed by atoms with Crippen molar-refractivity contribution in [3.05, 3.63) is 53.6 Å². The maximum absolute atomic E-state index is 5.90. The van der Waals surface area contributed by atoms with Crippen molar-refractivity contribution in [1.29, 1.82) is 0 Å². The molecule has 1 aliphatic heterocycles. The molecule has 0 amide bonds. The van der Waals surface area contributed by atoms with E-state index in [1.165, 1.54) is 17.5 Å². The molecule has 0 radical (unpaired) electrons. The molecule has 146 valence electrons. The second kappa shape index (κ2) is 9.65. The molecule has 2 atom stereocenters. The molecule has 3 rings (SSSR count). The quantitative estimate of drug-likeness (QED) is 0.691. The summed E-state index contributed by atoms with van der Waals surface area (Å²) in [5.74, 6) is 2.80. The van der Waals surface area contributed by atoms with Crippen LogP contribution in [0.15, 0.2) is 42.5 Å². The molecule has 1 N–H and O–H groups in total. The fourth-order valence-electron chi connectivity index (χ4n) is 3.87. The molecule has 0 aromatic heterocycles. The molecule has 4 heteroatoms. The van der Waals surface area contributed by atoms with Gasteiger partial charge in [0.1, 0.15) is 0 Å². The Hall–Kier alpha value is -2.20. The number of hydrogen-bond donors (Lipinski definition) is 1. The van der Waals surface area contributed by atoms with Crippen LogP contribution in [-0.4, -0.2) is 26.4 Å². The maximum atomic E-state index is 5.90. The summed E-state index contributed by atoms with van der Waals surface area (Å²) in [7, 11) is 0. The van der Waals surface area contributed by atoms with Gasteiger partial charge in [-0.1, -0.05) is 30.3 Å². The zero-order chi connectivity index (χ0) is 19.1. The predicted octanol–water partition coefficient (Wildman–Crippen LogP) is 4.78. The zero-order valence-electron chi connectivity index (χ0n) is 16.7. The molecule has 0 aliphatic carbocycles. The van der Waals surface area contributed by atoms with Crippen LogP contribution in [0.4, 0.5) is 0 Å². The molecule has 0 bridgehead atoms. The third-order valence-electron chi connectivity index (χ3n) is 4.98. The van der Waals surface area contributed by atoms with E-state index in [0.29, 0.717) is 37.5 Å². The van der Waals surface area contributed by atoms with E-state index < -0.39 is 0 Å². The Morgan fingerprint density at radius 3 is 2.11 bits per heavy atom. The van der Waals surface area contributed by atoms with Crippen LogP contribution >= 0.6 is 0 Å². The Kier molecular flexibility index (Phi) is 6.99. The van der Waals surface area contributed by atoms with Crippen molar-refractivity contribution in [2.24, 2.45) is 5.92 Å². The highest BCUT2D eigenvalue weighted by Gasteiger charge is 2.30. The average molecular weight is 370 g/mol. The van der Waals surface area contributed by atoms with Gasteiger partial charge in [0.15, 0.2) is 11.5 Å². The minimum Gasteiger partial charge on any atom is -0.490 e. The van der Waals surface area contributed by atoms with E-state index in [-0.39, 0.29) is 0 Å². The van der Waals surface area contributed by atoms with Crippen LogP contribution in [0, 0.1) is 5.92 Å². The second-order valence-electron chi connectivity index (χ2n) is 6.82. The highest BCUT2D eigenvalue weighted by atomic mass is 16.5. The monoisotopic (exact) mass is 369 g/mol. The number of rotatable bonds is 9. The summed E-state index contributed by atoms with van der Waals surface area (Å²) in [5.41, 5.74) is 2.60. The standard InChI is InChI=1S/C23H31NO3/c1-4-25-20-15-19(16-21(26-5-2)23(20)27-6-3)22-18(12-13-24-22)14-17-10-8-7-9-11-17/h7-11,15-16,18,22,24H,4-6,12-14H2,1-3H3. The molecule has 1 fully saturated rings. The van der Waals surface area contributed by atoms with Gasteiger partial charge in [0.25, 0.3) is 0 Å². The van der Waals surface area contributed by atoms with E-state index in [1.54, 1.807) is 0 Å². The van der Waals surface area contributed by atoms with Crippen molar-refractivity contribution < 1.29 is 14.2 Å². The van der Waals surface area contributed by atoms with Gasteiger partial charge in [0, 0.05) is 6.04 Å². The average Bonchev–Trinajstić information content (AvgIpc) is 3.13. The molecule has 1 aliphatic rings. The fourth-order valence-corrected chi connectivity index (χ4v) is 3.87. The second-order valence-corrected chi connectivity index (χ2v) is 6.82. The Bertz CT molecular complexity index is 690. The van der Waals surface area contributed by atoms with E-state index >= 15 is 0 Å². The van der Waals surface area contributed by atoms with Crippen LogP contribution in [0.3, 0.4) is 0 Å². The number of hydrogen-bond acceptors (Lipinski definition) is 4. The summed E-state index contributed by atoms with van der Waals surface area (Å²) in [6, 6.07) is 15.3. The Balaban J connectivity index is 1.91. The van der Waals surface area contributed by atoms with E-state index in [9.17, 15) is 0 Å². The van der Waals surface area contributed by atoms with Crippen molar-refractivity contribution in [2.45, 2.75) is 39.7 Å². The molecular weight excluding hydrogens is 338 g/mol. The lowest BCUT2D eigenvalue weighted by atomic mass is 9.88. The van der Waals surface area contributed by atoms with Crippen LogP contribution in [0.1, 0.15) is 44.4 Å². The van der Waals surface area contributed by atoms with Gasteiger partial charge in [-0.15, -0.1) is 0 Å². The molecule has 1 heterocycles. The van der Waals surface area contributed by atoms with E-state index in [1.807, 2.05) is 20.8 Å². The third kappa shape index (κ3) is 4.75. The van der Waals surface area contributed by atoms with Gasteiger partial charge in [-0.05, 0) is 69.3 Å². The molecule has 2 aromatic rings. The lowest BCUT2D eigenvalue weighted by Crippen LogP contribution is -2.19. The lowest BCUT2D eigenvalue weighted by Gasteiger charge is -2.23. The molecule has 2 unspecified atom stereocenters. The number of ether oxygens (including phenoxy) is 3. The lowest BCUT2D eigenvalue weighted by molar-refractivity contribution is 0.259. The van der Waals surface area contributed by atoms with Crippen molar-refractivity contribution in [3.63, 3.8) is 0 Å². The summed E-state index contributed by atoms with van der Waals surface area (Å²) in [6.45, 7) is 8.78. The molecule has 2 aromatic carbocycles. The zero-order valence-corrected chi connectivity index (χ0v) is 16.7. The van der Waals surface area contributed by atoms with Gasteiger partial charge in [-0.2, -0.15) is 0 Å². The molecule has 0 saturated carbocycles. The van der Waals surface area contributed by atoms with Crippen LogP contribution in [0.2, 0.25) is 0 Å². The predicted molar refractivity (Wildman–Crippen MR) is 109 cm³/mol. The van der Waals surface area contributed by atoms with Gasteiger partial charge < -0.3 is 19.5 Å². The molecule has 4 nitrogen and oxygen atoms in total. The summed E-state index contributed by atoms with van der Waals surface area (Å²) < 4.78 is 17.6. The highest BCUT2D eigenvalue weighted by molar-refractivity contribution is 5.55. The van der Waals surface area contributed by atoms with Gasteiger partial charge >= 0.3 is 0 Å². The van der Waals surface area contributed by atoms with E-state index in [2.05, 4.69) is 47.8 Å². The van der Waals surface area contributed by atoms with Crippen molar-refractivity contribution >= 4 is 0 Å². The van der Waals surface area contributed by atoms with Gasteiger partial charge in [-0.3, -0.25) is 0 Å². The number of nitrogens with one attached hydrogen (secondary N) is 1. The summed E-state index contributed by atoms with van der Waals surface area (Å²) in [5, 5.41) is 3.68. The maximum Gasteiger partial charge on any atom is 0.203 e. The summed E-state index contributed by atoms with van der Waals surface area (Å²) in [6.07, 6.45) is 2.24. The molecule has 27 heavy (non-hydrogen) atoms. The first-order chi connectivity index (χ1) is 13.3. The van der Waals surface area contributed by atoms with Gasteiger partial charge in [-0.25, -0.2) is 0 Å². The first-order valence-electron chi connectivity index (χ1n) is 10.1. The first-order valence-corrected chi connectivity index (χ1v) is 10.1. The van der Waals surface area contributed by atoms with Crippen LogP contribution in [-0.2, 0) is 6.42 Å². The fraction of sp³-hybridized carbons (Fsp3) is 0.478. The Morgan fingerprint density at radius 1 is 0.889 bits per heavy atom. The Labute approximate surface area is 162 Å². The van der Waals surface area contributed by atoms with Gasteiger partial charge in [0.2, 0.25) is 5.75 Å². The first kappa shape index (κ1) is 19.6. The number of benzene rings is 2. The Morgan fingerprint density at radius 2 is 1.52 bits per heavy atom. The third-order valence-corrected chi connectivity index (χ3v) is 4.98. The molecule has 1 saturated heterocycles. The van der Waals surface area contributed by atoms with Crippen LogP contribution < -0.4 is 19.5 Å². The van der Waals surface area contributed by atoms with Crippen LogP contribution in [0.5, 0.6) is 17.2 Å². The molecule has 0 spiro atoms. The SMILES string of the molecule is CCOc1cc(C2NCCC2Cc2ccccc2)cc(OCC)c1OCC. The largest absolute Gasteiger partial charge is 0.490 e. The molecular formula is C23H31NO3. The minimum absolute atomic E-state index is 0.291.